The third-order valence-electron chi connectivity index (χ3n) is 4.32. The molecule has 3 rings (SSSR count). The molecule has 0 spiro atoms. The minimum absolute atomic E-state index is 0.0408. The van der Waals surface area contributed by atoms with E-state index in [0.717, 1.165) is 0 Å². The molecule has 0 unspecified atom stereocenters. The number of rotatable bonds is 3. The van der Waals surface area contributed by atoms with E-state index in [4.69, 9.17) is 9.47 Å². The summed E-state index contributed by atoms with van der Waals surface area (Å²) in [6.45, 7) is 1.68. The zero-order valence-corrected chi connectivity index (χ0v) is 13.2. The average molecular weight is 344 g/mol. The molecule has 2 aliphatic heterocycles. The van der Waals surface area contributed by atoms with Crippen LogP contribution in [0.25, 0.3) is 0 Å². The van der Waals surface area contributed by atoms with Crippen molar-refractivity contribution in [1.29, 1.82) is 0 Å². The molecule has 1 N–H and O–H groups in total. The van der Waals surface area contributed by atoms with E-state index in [1.807, 2.05) is 0 Å². The second-order valence-electron chi connectivity index (χ2n) is 6.11. The third-order valence-corrected chi connectivity index (χ3v) is 4.32. The lowest BCUT2D eigenvalue weighted by molar-refractivity contribution is -0.194. The molecule has 1 fully saturated rings. The number of hydrogen-bond acceptors (Lipinski definition) is 4. The highest BCUT2D eigenvalue weighted by Crippen LogP contribution is 2.38. The van der Waals surface area contributed by atoms with Crippen molar-refractivity contribution in [1.82, 2.24) is 10.2 Å². The highest BCUT2D eigenvalue weighted by molar-refractivity contribution is 5.73. The van der Waals surface area contributed by atoms with Crippen LogP contribution in [0.5, 0.6) is 11.5 Å². The van der Waals surface area contributed by atoms with Crippen molar-refractivity contribution in [2.45, 2.75) is 44.6 Å². The number of halogens is 3. The molecule has 0 radical (unpaired) electrons. The molecule has 1 aromatic rings. The van der Waals surface area contributed by atoms with E-state index in [1.165, 1.54) is 11.8 Å². The van der Waals surface area contributed by atoms with E-state index in [1.54, 1.807) is 18.2 Å². The first-order valence-electron chi connectivity index (χ1n) is 7.80. The van der Waals surface area contributed by atoms with E-state index in [9.17, 15) is 18.0 Å². The molecule has 2 atom stereocenters. The second-order valence-corrected chi connectivity index (χ2v) is 6.11. The van der Waals surface area contributed by atoms with Crippen LogP contribution in [0.15, 0.2) is 18.2 Å². The van der Waals surface area contributed by atoms with E-state index in [-0.39, 0.29) is 38.3 Å². The number of carbonyl (C=O) groups excluding carboxylic acids is 1. The van der Waals surface area contributed by atoms with Crippen LogP contribution in [0.4, 0.5) is 13.2 Å². The van der Waals surface area contributed by atoms with E-state index < -0.39 is 12.2 Å². The van der Waals surface area contributed by atoms with Crippen LogP contribution < -0.4 is 14.8 Å². The van der Waals surface area contributed by atoms with Gasteiger partial charge in [0.1, 0.15) is 6.04 Å². The number of amides is 1. The Morgan fingerprint density at radius 2 is 2.12 bits per heavy atom. The molecule has 0 saturated carbocycles. The van der Waals surface area contributed by atoms with Crippen molar-refractivity contribution >= 4 is 5.91 Å². The summed E-state index contributed by atoms with van der Waals surface area (Å²) in [6, 6.07) is 3.39. The Kier molecular flexibility index (Phi) is 4.58. The fourth-order valence-electron chi connectivity index (χ4n) is 3.33. The smallest absolute Gasteiger partial charge is 0.404 e. The molecule has 1 aromatic carbocycles. The monoisotopic (exact) mass is 344 g/mol. The van der Waals surface area contributed by atoms with E-state index >= 15 is 0 Å². The maximum Gasteiger partial charge on any atom is 0.404 e. The maximum absolute atomic E-state index is 13.4. The van der Waals surface area contributed by atoms with Crippen molar-refractivity contribution in [3.63, 3.8) is 0 Å². The van der Waals surface area contributed by atoms with Gasteiger partial charge in [0.05, 0.1) is 0 Å². The molecule has 8 heteroatoms. The number of ether oxygens (including phenoxy) is 2. The molecule has 0 bridgehead atoms. The zero-order valence-electron chi connectivity index (χ0n) is 13.2. The predicted molar refractivity (Wildman–Crippen MR) is 79.7 cm³/mol. The number of fused-ring (bicyclic) bond motifs is 1. The number of hydrogen-bond donors (Lipinski definition) is 1. The largest absolute Gasteiger partial charge is 0.454 e. The van der Waals surface area contributed by atoms with Gasteiger partial charge in [0.15, 0.2) is 11.5 Å². The second kappa shape index (κ2) is 6.51. The van der Waals surface area contributed by atoms with Crippen LogP contribution in [0.1, 0.15) is 25.3 Å². The standard InChI is InChI=1S/C16H19F3N2O3/c1-10(22)20-12-5-6-14(16(17,18)19)21(8-12)7-11-3-2-4-13-15(11)24-9-23-13/h2-4,12,14H,5-9H2,1H3,(H,20,22)/t12-,14-/m1/s1. The molecule has 2 heterocycles. The number of likely N-dealkylation sites (tertiary alicyclic amines) is 1. The van der Waals surface area contributed by atoms with Crippen molar-refractivity contribution in [2.24, 2.45) is 0 Å². The van der Waals surface area contributed by atoms with Crippen LogP contribution in [0, 0.1) is 0 Å². The van der Waals surface area contributed by atoms with Crippen LogP contribution in [-0.2, 0) is 11.3 Å². The quantitative estimate of drug-likeness (QED) is 0.915. The van der Waals surface area contributed by atoms with Crippen LogP contribution in [0.2, 0.25) is 0 Å². The van der Waals surface area contributed by atoms with E-state index in [0.29, 0.717) is 23.5 Å². The van der Waals surface area contributed by atoms with Crippen molar-refractivity contribution in [3.05, 3.63) is 23.8 Å². The van der Waals surface area contributed by atoms with Gasteiger partial charge in [-0.25, -0.2) is 0 Å². The molecule has 1 saturated heterocycles. The van der Waals surface area contributed by atoms with Gasteiger partial charge in [-0.15, -0.1) is 0 Å². The summed E-state index contributed by atoms with van der Waals surface area (Å²) in [5, 5.41) is 2.72. The number of para-hydroxylation sites is 1. The number of alkyl halides is 3. The third kappa shape index (κ3) is 3.58. The average Bonchev–Trinajstić information content (AvgIpc) is 2.95. The molecule has 2 aliphatic rings. The SMILES string of the molecule is CC(=O)N[C@@H]1CC[C@H](C(F)(F)F)N(Cc2cccc3c2OCO3)C1. The molecule has 1 amide bonds. The van der Waals surface area contributed by atoms with Crippen molar-refractivity contribution in [3.8, 4) is 11.5 Å². The van der Waals surface area contributed by atoms with Gasteiger partial charge in [0.2, 0.25) is 12.7 Å². The molecular weight excluding hydrogens is 325 g/mol. The summed E-state index contributed by atoms with van der Waals surface area (Å²) >= 11 is 0. The van der Waals surface area contributed by atoms with Gasteiger partial charge in [0.25, 0.3) is 0 Å². The number of benzene rings is 1. The Hall–Kier alpha value is -1.96. The van der Waals surface area contributed by atoms with Gasteiger partial charge >= 0.3 is 6.18 Å². The summed E-state index contributed by atoms with van der Waals surface area (Å²) in [5.41, 5.74) is 0.655. The van der Waals surface area contributed by atoms with Gasteiger partial charge in [-0.3, -0.25) is 9.69 Å². The first-order chi connectivity index (χ1) is 11.3. The lowest BCUT2D eigenvalue weighted by atomic mass is 9.96. The lowest BCUT2D eigenvalue weighted by Gasteiger charge is -2.40. The number of nitrogens with zero attached hydrogens (tertiary/aromatic N) is 1. The lowest BCUT2D eigenvalue weighted by Crippen LogP contribution is -2.55. The first-order valence-corrected chi connectivity index (χ1v) is 7.80. The highest BCUT2D eigenvalue weighted by atomic mass is 19.4. The molecule has 0 aliphatic carbocycles. The molecule has 24 heavy (non-hydrogen) atoms. The number of piperidine rings is 1. The topological polar surface area (TPSA) is 50.8 Å². The normalized spacial score (nSPS) is 24.0. The molecule has 5 nitrogen and oxygen atoms in total. The van der Waals surface area contributed by atoms with Crippen molar-refractivity contribution < 1.29 is 27.4 Å². The van der Waals surface area contributed by atoms with Crippen molar-refractivity contribution in [2.75, 3.05) is 13.3 Å². The Balaban J connectivity index is 1.81. The minimum atomic E-state index is -4.31. The fraction of sp³-hybridized carbons (Fsp3) is 0.562. The van der Waals surface area contributed by atoms with Gasteiger partial charge in [-0.2, -0.15) is 13.2 Å². The van der Waals surface area contributed by atoms with Gasteiger partial charge in [0, 0.05) is 31.6 Å². The summed E-state index contributed by atoms with van der Waals surface area (Å²) in [4.78, 5) is 12.6. The Bertz CT molecular complexity index is 621. The summed E-state index contributed by atoms with van der Waals surface area (Å²) in [6.07, 6.45) is -4.04. The minimum Gasteiger partial charge on any atom is -0.454 e. The Morgan fingerprint density at radius 1 is 1.33 bits per heavy atom. The molecule has 132 valence electrons. The van der Waals surface area contributed by atoms with Crippen LogP contribution >= 0.6 is 0 Å². The molecule has 0 aromatic heterocycles. The zero-order chi connectivity index (χ0) is 17.3. The Morgan fingerprint density at radius 3 is 2.83 bits per heavy atom. The Labute approximate surface area is 137 Å². The van der Waals surface area contributed by atoms with Gasteiger partial charge in [-0.05, 0) is 18.9 Å². The van der Waals surface area contributed by atoms with Crippen LogP contribution in [0.3, 0.4) is 0 Å². The number of nitrogens with one attached hydrogen (secondary N) is 1. The van der Waals surface area contributed by atoms with Crippen LogP contribution in [-0.4, -0.2) is 42.4 Å². The fourth-order valence-corrected chi connectivity index (χ4v) is 3.33. The first kappa shape index (κ1) is 16.9. The maximum atomic E-state index is 13.4. The number of carbonyl (C=O) groups is 1. The summed E-state index contributed by atoms with van der Waals surface area (Å²) in [7, 11) is 0. The highest BCUT2D eigenvalue weighted by Gasteiger charge is 2.46. The van der Waals surface area contributed by atoms with E-state index in [2.05, 4.69) is 5.32 Å². The summed E-state index contributed by atoms with van der Waals surface area (Å²) in [5.74, 6) is 0.814. The van der Waals surface area contributed by atoms with Gasteiger partial charge < -0.3 is 14.8 Å². The predicted octanol–water partition coefficient (Wildman–Crippen LogP) is 2.45. The molecular formula is C16H19F3N2O3. The summed E-state index contributed by atoms with van der Waals surface area (Å²) < 4.78 is 50.8. The van der Waals surface area contributed by atoms with Gasteiger partial charge in [-0.1, -0.05) is 12.1 Å².